The maximum Gasteiger partial charge on any atom is 0.417 e. The monoisotopic (exact) mass is 306 g/mol. The molecule has 0 aromatic heterocycles. The molecular formula is C17H13F3O2. The van der Waals surface area contributed by atoms with Gasteiger partial charge in [-0.3, -0.25) is 0 Å². The Kier molecular flexibility index (Phi) is 4.35. The summed E-state index contributed by atoms with van der Waals surface area (Å²) in [4.78, 5) is 11.5. The summed E-state index contributed by atoms with van der Waals surface area (Å²) < 4.78 is 43.8. The molecule has 0 spiro atoms. The van der Waals surface area contributed by atoms with Gasteiger partial charge in [-0.2, -0.15) is 13.2 Å². The van der Waals surface area contributed by atoms with Gasteiger partial charge in [0.25, 0.3) is 0 Å². The number of ether oxygens (including phenoxy) is 1. The second kappa shape index (κ2) is 6.05. The Morgan fingerprint density at radius 2 is 1.68 bits per heavy atom. The molecule has 0 atom stereocenters. The highest BCUT2D eigenvalue weighted by atomic mass is 19.4. The fourth-order valence-electron chi connectivity index (χ4n) is 2.06. The molecule has 0 heterocycles. The first-order valence-electron chi connectivity index (χ1n) is 6.39. The molecule has 0 unspecified atom stereocenters. The van der Waals surface area contributed by atoms with E-state index in [4.69, 9.17) is 0 Å². The summed E-state index contributed by atoms with van der Waals surface area (Å²) >= 11 is 0. The molecule has 2 aromatic carbocycles. The van der Waals surface area contributed by atoms with E-state index in [1.54, 1.807) is 30.3 Å². The summed E-state index contributed by atoms with van der Waals surface area (Å²) in [5, 5.41) is 0. The molecule has 0 saturated carbocycles. The number of benzene rings is 2. The van der Waals surface area contributed by atoms with Crippen molar-refractivity contribution in [2.24, 2.45) is 0 Å². The Labute approximate surface area is 125 Å². The number of hydrogen-bond donors (Lipinski definition) is 0. The van der Waals surface area contributed by atoms with E-state index in [9.17, 15) is 18.0 Å². The normalized spacial score (nSPS) is 11.1. The van der Waals surface area contributed by atoms with Gasteiger partial charge in [0.2, 0.25) is 0 Å². The standard InChI is InChI=1S/C17H13F3O2/c1-3-11-4-6-12(7-5-11)13-8-9-14(16(21)22-2)15(10-13)17(18,19)20/h3-10H,1H2,2H3. The molecule has 2 aromatic rings. The van der Waals surface area contributed by atoms with Gasteiger partial charge in [-0.05, 0) is 28.8 Å². The second-order valence-corrected chi connectivity index (χ2v) is 4.58. The molecule has 0 aliphatic heterocycles. The number of hydrogen-bond acceptors (Lipinski definition) is 2. The molecule has 0 radical (unpaired) electrons. The highest BCUT2D eigenvalue weighted by Crippen LogP contribution is 2.35. The number of methoxy groups -OCH3 is 1. The van der Waals surface area contributed by atoms with Gasteiger partial charge in [-0.15, -0.1) is 0 Å². The number of halogens is 3. The van der Waals surface area contributed by atoms with Crippen LogP contribution in [0.1, 0.15) is 21.5 Å². The number of carbonyl (C=O) groups excluding carboxylic acids is 1. The van der Waals surface area contributed by atoms with Crippen molar-refractivity contribution in [1.29, 1.82) is 0 Å². The molecule has 0 aliphatic rings. The van der Waals surface area contributed by atoms with Gasteiger partial charge in [-0.25, -0.2) is 4.79 Å². The van der Waals surface area contributed by atoms with Gasteiger partial charge < -0.3 is 4.74 Å². The van der Waals surface area contributed by atoms with E-state index in [1.165, 1.54) is 6.07 Å². The molecule has 0 N–H and O–H groups in total. The number of carbonyl (C=O) groups is 1. The van der Waals surface area contributed by atoms with E-state index < -0.39 is 23.3 Å². The van der Waals surface area contributed by atoms with Crippen molar-refractivity contribution in [3.8, 4) is 11.1 Å². The van der Waals surface area contributed by atoms with Crippen molar-refractivity contribution in [3.05, 3.63) is 65.7 Å². The Morgan fingerprint density at radius 1 is 1.09 bits per heavy atom. The summed E-state index contributed by atoms with van der Waals surface area (Å²) in [6, 6.07) is 10.5. The quantitative estimate of drug-likeness (QED) is 0.761. The van der Waals surface area contributed by atoms with E-state index in [0.29, 0.717) is 11.1 Å². The van der Waals surface area contributed by atoms with Crippen molar-refractivity contribution in [2.75, 3.05) is 7.11 Å². The first kappa shape index (κ1) is 15.8. The minimum Gasteiger partial charge on any atom is -0.465 e. The van der Waals surface area contributed by atoms with Crippen molar-refractivity contribution in [1.82, 2.24) is 0 Å². The summed E-state index contributed by atoms with van der Waals surface area (Å²) in [6.07, 6.45) is -2.99. The minimum atomic E-state index is -4.64. The molecule has 22 heavy (non-hydrogen) atoms. The third kappa shape index (κ3) is 3.19. The van der Waals surface area contributed by atoms with Crippen molar-refractivity contribution < 1.29 is 22.7 Å². The predicted molar refractivity (Wildman–Crippen MR) is 78.3 cm³/mol. The van der Waals surface area contributed by atoms with Gasteiger partial charge >= 0.3 is 12.1 Å². The Bertz CT molecular complexity index is 701. The van der Waals surface area contributed by atoms with Crippen LogP contribution in [0.4, 0.5) is 13.2 Å². The number of alkyl halides is 3. The molecule has 2 rings (SSSR count). The number of rotatable bonds is 3. The van der Waals surface area contributed by atoms with Crippen LogP contribution in [0.15, 0.2) is 49.0 Å². The first-order chi connectivity index (χ1) is 10.4. The molecule has 0 amide bonds. The first-order valence-corrected chi connectivity index (χ1v) is 6.39. The Morgan fingerprint density at radius 3 is 2.18 bits per heavy atom. The third-order valence-electron chi connectivity index (χ3n) is 3.21. The van der Waals surface area contributed by atoms with Crippen LogP contribution in [0.5, 0.6) is 0 Å². The molecule has 0 bridgehead atoms. The van der Waals surface area contributed by atoms with Crippen LogP contribution in [-0.4, -0.2) is 13.1 Å². The van der Waals surface area contributed by atoms with E-state index in [0.717, 1.165) is 24.8 Å². The van der Waals surface area contributed by atoms with Crippen LogP contribution < -0.4 is 0 Å². The van der Waals surface area contributed by atoms with Gasteiger partial charge in [-0.1, -0.05) is 43.0 Å². The maximum atomic E-state index is 13.1. The average molecular weight is 306 g/mol. The lowest BCUT2D eigenvalue weighted by molar-refractivity contribution is -0.138. The van der Waals surface area contributed by atoms with Gasteiger partial charge in [0, 0.05) is 0 Å². The lowest BCUT2D eigenvalue weighted by Crippen LogP contribution is -2.14. The molecule has 0 aliphatic carbocycles. The molecule has 0 saturated heterocycles. The SMILES string of the molecule is C=Cc1ccc(-c2ccc(C(=O)OC)c(C(F)(F)F)c2)cc1. The zero-order valence-corrected chi connectivity index (χ0v) is 11.8. The molecule has 5 heteroatoms. The Balaban J connectivity index is 2.54. The van der Waals surface area contributed by atoms with Crippen molar-refractivity contribution in [2.45, 2.75) is 6.18 Å². The summed E-state index contributed by atoms with van der Waals surface area (Å²) in [6.45, 7) is 3.62. The molecular weight excluding hydrogens is 293 g/mol. The summed E-state index contributed by atoms with van der Waals surface area (Å²) in [5.74, 6) is -1.01. The van der Waals surface area contributed by atoms with Crippen LogP contribution >= 0.6 is 0 Å². The zero-order valence-electron chi connectivity index (χ0n) is 11.8. The molecule has 114 valence electrons. The van der Waals surface area contributed by atoms with Crippen molar-refractivity contribution in [3.63, 3.8) is 0 Å². The number of esters is 1. The lowest BCUT2D eigenvalue weighted by Gasteiger charge is -2.13. The van der Waals surface area contributed by atoms with E-state index in [1.807, 2.05) is 0 Å². The fraction of sp³-hybridized carbons (Fsp3) is 0.118. The van der Waals surface area contributed by atoms with E-state index >= 15 is 0 Å². The van der Waals surface area contributed by atoms with E-state index in [2.05, 4.69) is 11.3 Å². The maximum absolute atomic E-state index is 13.1. The van der Waals surface area contributed by atoms with Crippen LogP contribution in [-0.2, 0) is 10.9 Å². The van der Waals surface area contributed by atoms with Gasteiger partial charge in [0.05, 0.1) is 18.2 Å². The highest BCUT2D eigenvalue weighted by Gasteiger charge is 2.35. The van der Waals surface area contributed by atoms with Crippen LogP contribution in [0, 0.1) is 0 Å². The predicted octanol–water partition coefficient (Wildman–Crippen LogP) is 4.80. The minimum absolute atomic E-state index is 0.371. The summed E-state index contributed by atoms with van der Waals surface area (Å²) in [5.41, 5.74) is 0.347. The molecule has 0 fully saturated rings. The van der Waals surface area contributed by atoms with Crippen LogP contribution in [0.2, 0.25) is 0 Å². The zero-order chi connectivity index (χ0) is 16.3. The fourth-order valence-corrected chi connectivity index (χ4v) is 2.06. The highest BCUT2D eigenvalue weighted by molar-refractivity contribution is 5.92. The van der Waals surface area contributed by atoms with Gasteiger partial charge in [0.1, 0.15) is 0 Å². The lowest BCUT2D eigenvalue weighted by atomic mass is 9.98. The van der Waals surface area contributed by atoms with Crippen LogP contribution in [0.25, 0.3) is 17.2 Å². The molecule has 2 nitrogen and oxygen atoms in total. The Hall–Kier alpha value is -2.56. The van der Waals surface area contributed by atoms with Crippen LogP contribution in [0.3, 0.4) is 0 Å². The topological polar surface area (TPSA) is 26.3 Å². The largest absolute Gasteiger partial charge is 0.465 e. The third-order valence-corrected chi connectivity index (χ3v) is 3.21. The second-order valence-electron chi connectivity index (χ2n) is 4.58. The van der Waals surface area contributed by atoms with E-state index in [-0.39, 0.29) is 0 Å². The average Bonchev–Trinajstić information content (AvgIpc) is 2.53. The van der Waals surface area contributed by atoms with Crippen molar-refractivity contribution >= 4 is 12.0 Å². The van der Waals surface area contributed by atoms with Gasteiger partial charge in [0.15, 0.2) is 0 Å². The smallest absolute Gasteiger partial charge is 0.417 e. The summed E-state index contributed by atoms with van der Waals surface area (Å²) in [7, 11) is 1.05.